The molecule has 4 heterocycles. The fraction of sp³-hybridized carbons (Fsp3) is 0.391. The molecule has 9 nitrogen and oxygen atoms in total. The maximum absolute atomic E-state index is 13.5. The number of carbonyl (C=O) groups excluding carboxylic acids is 2. The van der Waals surface area contributed by atoms with Gasteiger partial charge in [-0.1, -0.05) is 0 Å². The molecule has 0 aliphatic carbocycles. The number of H-pyrrole nitrogens is 2. The Hall–Kier alpha value is -3.62. The zero-order valence-electron chi connectivity index (χ0n) is 18.2. The lowest BCUT2D eigenvalue weighted by Crippen LogP contribution is -2.46. The van der Waals surface area contributed by atoms with E-state index < -0.39 is 5.41 Å². The molecule has 166 valence electrons. The second kappa shape index (κ2) is 7.81. The summed E-state index contributed by atoms with van der Waals surface area (Å²) in [6.07, 6.45) is 5.68. The van der Waals surface area contributed by atoms with Gasteiger partial charge in [-0.2, -0.15) is 10.2 Å². The van der Waals surface area contributed by atoms with Crippen molar-refractivity contribution < 1.29 is 14.3 Å². The van der Waals surface area contributed by atoms with Crippen molar-refractivity contribution in [2.75, 3.05) is 31.6 Å². The Labute approximate surface area is 185 Å². The molecule has 32 heavy (non-hydrogen) atoms. The molecule has 2 saturated heterocycles. The summed E-state index contributed by atoms with van der Waals surface area (Å²) < 4.78 is 5.59. The van der Waals surface area contributed by atoms with Crippen molar-refractivity contribution in [1.82, 2.24) is 25.3 Å². The van der Waals surface area contributed by atoms with Gasteiger partial charge in [0.2, 0.25) is 5.91 Å². The molecule has 1 spiro atoms. The lowest BCUT2D eigenvalue weighted by atomic mass is 9.77. The van der Waals surface area contributed by atoms with Gasteiger partial charge in [-0.15, -0.1) is 0 Å². The molecule has 2 amide bonds. The second-order valence-corrected chi connectivity index (χ2v) is 8.59. The third-order valence-electron chi connectivity index (χ3n) is 6.75. The number of aryl methyl sites for hydroxylation is 1. The zero-order chi connectivity index (χ0) is 22.3. The molecule has 0 unspecified atom stereocenters. The van der Waals surface area contributed by atoms with Gasteiger partial charge in [0.25, 0.3) is 5.91 Å². The highest BCUT2D eigenvalue weighted by Gasteiger charge is 2.49. The van der Waals surface area contributed by atoms with Crippen LogP contribution in [0.4, 0.5) is 5.69 Å². The summed E-state index contributed by atoms with van der Waals surface area (Å²) in [6, 6.07) is 7.60. The number of carbonyl (C=O) groups is 2. The van der Waals surface area contributed by atoms with Crippen LogP contribution in [-0.4, -0.2) is 63.9 Å². The third kappa shape index (κ3) is 3.34. The van der Waals surface area contributed by atoms with Crippen LogP contribution >= 0.6 is 0 Å². The number of likely N-dealkylation sites (tertiary alicyclic amines) is 1. The van der Waals surface area contributed by atoms with Gasteiger partial charge in [-0.3, -0.25) is 19.8 Å². The van der Waals surface area contributed by atoms with Gasteiger partial charge in [0.05, 0.1) is 18.7 Å². The van der Waals surface area contributed by atoms with E-state index in [-0.39, 0.29) is 11.8 Å². The largest absolute Gasteiger partial charge is 0.496 e. The number of aromatic amines is 2. The minimum absolute atomic E-state index is 0.0777. The average molecular weight is 435 g/mol. The van der Waals surface area contributed by atoms with Gasteiger partial charge in [-0.05, 0) is 44.4 Å². The summed E-state index contributed by atoms with van der Waals surface area (Å²) in [4.78, 5) is 29.9. The van der Waals surface area contributed by atoms with Crippen molar-refractivity contribution in [3.8, 4) is 16.9 Å². The highest BCUT2D eigenvalue weighted by atomic mass is 16.5. The van der Waals surface area contributed by atoms with Crippen LogP contribution < -0.4 is 9.64 Å². The predicted octanol–water partition coefficient (Wildman–Crippen LogP) is 2.78. The average Bonchev–Trinajstić information content (AvgIpc) is 3.56. The van der Waals surface area contributed by atoms with Crippen molar-refractivity contribution >= 4 is 17.5 Å². The molecule has 2 N–H and O–H groups in total. The topological polar surface area (TPSA) is 107 Å². The lowest BCUT2D eigenvalue weighted by molar-refractivity contribution is -0.127. The molecule has 5 rings (SSSR count). The number of aromatic nitrogens is 4. The molecular formula is C23H26N6O3. The number of methoxy groups -OCH3 is 1. The van der Waals surface area contributed by atoms with Crippen molar-refractivity contribution in [1.29, 1.82) is 0 Å². The first-order chi connectivity index (χ1) is 15.5. The minimum Gasteiger partial charge on any atom is -0.496 e. The van der Waals surface area contributed by atoms with Gasteiger partial charge < -0.3 is 14.5 Å². The molecule has 0 saturated carbocycles. The molecule has 2 fully saturated rings. The van der Waals surface area contributed by atoms with E-state index in [1.165, 1.54) is 0 Å². The van der Waals surface area contributed by atoms with E-state index in [0.717, 1.165) is 28.9 Å². The molecule has 1 aromatic carbocycles. The quantitative estimate of drug-likeness (QED) is 0.657. The van der Waals surface area contributed by atoms with Crippen molar-refractivity contribution in [3.63, 3.8) is 0 Å². The fourth-order valence-electron chi connectivity index (χ4n) is 4.84. The molecule has 0 bridgehead atoms. The normalized spacial score (nSPS) is 17.9. The van der Waals surface area contributed by atoms with Gasteiger partial charge in [0, 0.05) is 54.4 Å². The highest BCUT2D eigenvalue weighted by Crippen LogP contribution is 2.44. The summed E-state index contributed by atoms with van der Waals surface area (Å²) >= 11 is 0. The summed E-state index contributed by atoms with van der Waals surface area (Å²) in [5.74, 6) is 0.761. The summed E-state index contributed by atoms with van der Waals surface area (Å²) in [6.45, 7) is 3.66. The van der Waals surface area contributed by atoms with E-state index >= 15 is 0 Å². The Morgan fingerprint density at radius 3 is 2.59 bits per heavy atom. The number of ether oxygens (including phenoxy) is 1. The van der Waals surface area contributed by atoms with Crippen LogP contribution in [-0.2, 0) is 4.79 Å². The highest BCUT2D eigenvalue weighted by molar-refractivity contribution is 6.01. The second-order valence-electron chi connectivity index (χ2n) is 8.59. The summed E-state index contributed by atoms with van der Waals surface area (Å²) in [5.41, 5.74) is 3.57. The number of piperidine rings is 1. The molecule has 2 aliphatic rings. The maximum atomic E-state index is 13.5. The predicted molar refractivity (Wildman–Crippen MR) is 118 cm³/mol. The summed E-state index contributed by atoms with van der Waals surface area (Å²) in [7, 11) is 1.63. The number of hydrogen-bond acceptors (Lipinski definition) is 5. The van der Waals surface area contributed by atoms with Crippen LogP contribution in [0.1, 0.15) is 35.4 Å². The van der Waals surface area contributed by atoms with E-state index in [9.17, 15) is 9.59 Å². The van der Waals surface area contributed by atoms with Crippen LogP contribution in [0.25, 0.3) is 11.1 Å². The molecule has 2 aliphatic heterocycles. The van der Waals surface area contributed by atoms with E-state index in [1.807, 2.05) is 36.2 Å². The Bertz CT molecular complexity index is 1140. The van der Waals surface area contributed by atoms with Gasteiger partial charge in [0.1, 0.15) is 11.4 Å². The van der Waals surface area contributed by atoms with Crippen LogP contribution in [0.3, 0.4) is 0 Å². The third-order valence-corrected chi connectivity index (χ3v) is 6.75. The van der Waals surface area contributed by atoms with Crippen LogP contribution in [0.2, 0.25) is 0 Å². The smallest absolute Gasteiger partial charge is 0.274 e. The standard InChI is InChI=1S/C23H26N6O3/c1-15-11-19(27-26-15)21(30)28-8-5-23(6-9-28)7-10-29(22(23)31)17-3-4-18(20(12-17)32-2)16-13-24-25-14-16/h3-4,11-14H,5-10H2,1-2H3,(H,24,25)(H,26,27). The zero-order valence-corrected chi connectivity index (χ0v) is 18.2. The number of nitrogens with one attached hydrogen (secondary N) is 2. The SMILES string of the molecule is COc1cc(N2CCC3(CCN(C(=O)c4cc(C)[nH]n4)CC3)C2=O)ccc1-c1cn[nH]c1. The Kier molecular flexibility index (Phi) is 4.96. The number of nitrogens with zero attached hydrogens (tertiary/aromatic N) is 4. The monoisotopic (exact) mass is 434 g/mol. The van der Waals surface area contributed by atoms with E-state index in [1.54, 1.807) is 24.3 Å². The van der Waals surface area contributed by atoms with E-state index in [4.69, 9.17) is 4.74 Å². The van der Waals surface area contributed by atoms with E-state index in [2.05, 4.69) is 20.4 Å². The molecular weight excluding hydrogens is 408 g/mol. The molecule has 2 aromatic heterocycles. The van der Waals surface area contributed by atoms with Crippen molar-refractivity contribution in [2.24, 2.45) is 5.41 Å². The van der Waals surface area contributed by atoms with Crippen molar-refractivity contribution in [3.05, 3.63) is 48.0 Å². The lowest BCUT2D eigenvalue weighted by Gasteiger charge is -2.37. The van der Waals surface area contributed by atoms with Gasteiger partial charge in [-0.25, -0.2) is 0 Å². The first kappa shape index (κ1) is 20.3. The minimum atomic E-state index is -0.408. The summed E-state index contributed by atoms with van der Waals surface area (Å²) in [5, 5.41) is 13.7. The Morgan fingerprint density at radius 2 is 1.94 bits per heavy atom. The fourth-order valence-corrected chi connectivity index (χ4v) is 4.84. The van der Waals surface area contributed by atoms with Crippen molar-refractivity contribution in [2.45, 2.75) is 26.2 Å². The number of anilines is 1. The number of rotatable bonds is 4. The van der Waals surface area contributed by atoms with Gasteiger partial charge >= 0.3 is 0 Å². The van der Waals surface area contributed by atoms with Crippen LogP contribution in [0.15, 0.2) is 36.7 Å². The molecule has 9 heteroatoms. The van der Waals surface area contributed by atoms with Crippen LogP contribution in [0.5, 0.6) is 5.75 Å². The number of benzene rings is 1. The van der Waals surface area contributed by atoms with E-state index in [0.29, 0.717) is 43.9 Å². The van der Waals surface area contributed by atoms with Gasteiger partial charge in [0.15, 0.2) is 0 Å². The number of amides is 2. The Morgan fingerprint density at radius 1 is 1.16 bits per heavy atom. The van der Waals surface area contributed by atoms with Crippen LogP contribution in [0, 0.1) is 12.3 Å². The molecule has 0 radical (unpaired) electrons. The first-order valence-electron chi connectivity index (χ1n) is 10.8. The molecule has 0 atom stereocenters. The Balaban J connectivity index is 1.31. The maximum Gasteiger partial charge on any atom is 0.274 e. The first-order valence-corrected chi connectivity index (χ1v) is 10.8. The number of hydrogen-bond donors (Lipinski definition) is 2. The molecule has 3 aromatic rings.